The first-order valence-corrected chi connectivity index (χ1v) is 11.2. The Bertz CT molecular complexity index is 770. The molecule has 30 heavy (non-hydrogen) atoms. The van der Waals surface area contributed by atoms with Gasteiger partial charge in [-0.15, -0.1) is 0 Å². The molecule has 3 aliphatic rings. The predicted molar refractivity (Wildman–Crippen MR) is 114 cm³/mol. The molecule has 0 unspecified atom stereocenters. The Balaban J connectivity index is 2.23. The number of rotatable bonds is 2. The third kappa shape index (κ3) is 3.67. The molecule has 4 N–H and O–H groups in total. The van der Waals surface area contributed by atoms with Crippen LogP contribution in [0.1, 0.15) is 66.7 Å². The number of amides is 1. The van der Waals surface area contributed by atoms with Gasteiger partial charge in [-0.1, -0.05) is 31.1 Å². The highest BCUT2D eigenvalue weighted by molar-refractivity contribution is 6.10. The zero-order valence-electron chi connectivity index (χ0n) is 18.8. The van der Waals surface area contributed by atoms with Crippen LogP contribution in [0.25, 0.3) is 0 Å². The van der Waals surface area contributed by atoms with Crippen LogP contribution in [0.2, 0.25) is 0 Å². The van der Waals surface area contributed by atoms with Crippen molar-refractivity contribution in [2.75, 3.05) is 0 Å². The van der Waals surface area contributed by atoms with Crippen LogP contribution < -0.4 is 5.32 Å². The van der Waals surface area contributed by atoms with E-state index in [9.17, 15) is 24.9 Å². The van der Waals surface area contributed by atoms with Gasteiger partial charge in [-0.05, 0) is 57.9 Å². The normalized spacial score (nSPS) is 42.2. The van der Waals surface area contributed by atoms with Crippen molar-refractivity contribution in [1.82, 2.24) is 5.32 Å². The Morgan fingerprint density at radius 1 is 1.10 bits per heavy atom. The smallest absolute Gasteiger partial charge is 0.235 e. The average molecular weight is 420 g/mol. The molecule has 0 aromatic carbocycles. The Labute approximate surface area is 179 Å². The summed E-state index contributed by atoms with van der Waals surface area (Å²) in [7, 11) is 0. The Morgan fingerprint density at radius 3 is 2.40 bits per heavy atom. The van der Waals surface area contributed by atoms with E-state index < -0.39 is 29.6 Å². The molecule has 1 spiro atoms. The number of aliphatic hydroxyl groups excluding tert-OH is 3. The molecule has 0 aromatic rings. The summed E-state index contributed by atoms with van der Waals surface area (Å²) in [4.78, 5) is 27.4. The monoisotopic (exact) mass is 419 g/mol. The van der Waals surface area contributed by atoms with Crippen molar-refractivity contribution in [3.8, 4) is 0 Å². The first-order chi connectivity index (χ1) is 14.0. The Morgan fingerprint density at radius 2 is 1.77 bits per heavy atom. The van der Waals surface area contributed by atoms with Crippen LogP contribution in [0.5, 0.6) is 0 Å². The van der Waals surface area contributed by atoms with Crippen LogP contribution in [-0.2, 0) is 9.59 Å². The lowest BCUT2D eigenvalue weighted by atomic mass is 9.54. The second-order valence-electron chi connectivity index (χ2n) is 10.1. The van der Waals surface area contributed by atoms with Gasteiger partial charge in [-0.2, -0.15) is 0 Å². The molecule has 3 rings (SSSR count). The van der Waals surface area contributed by atoms with E-state index in [1.807, 2.05) is 26.8 Å². The van der Waals surface area contributed by atoms with Crippen LogP contribution in [0.4, 0.5) is 0 Å². The van der Waals surface area contributed by atoms with Crippen LogP contribution >= 0.6 is 0 Å². The van der Waals surface area contributed by atoms with Crippen molar-refractivity contribution < 1.29 is 24.9 Å². The first-order valence-electron chi connectivity index (χ1n) is 11.2. The molecule has 168 valence electrons. The molecule has 0 radical (unpaired) electrons. The molecule has 1 fully saturated rings. The topological polar surface area (TPSA) is 107 Å². The van der Waals surface area contributed by atoms with Gasteiger partial charge in [0.25, 0.3) is 0 Å². The lowest BCUT2D eigenvalue weighted by Gasteiger charge is -2.46. The highest BCUT2D eigenvalue weighted by Crippen LogP contribution is 2.56. The van der Waals surface area contributed by atoms with Crippen LogP contribution in [0.3, 0.4) is 0 Å². The van der Waals surface area contributed by atoms with Crippen molar-refractivity contribution in [3.63, 3.8) is 0 Å². The van der Waals surface area contributed by atoms with E-state index in [-0.39, 0.29) is 30.1 Å². The minimum atomic E-state index is -1.46. The van der Waals surface area contributed by atoms with E-state index in [1.54, 1.807) is 0 Å². The minimum Gasteiger partial charge on any atom is -0.390 e. The quantitative estimate of drug-likeness (QED) is 0.406. The molecular formula is C24H37NO5. The summed E-state index contributed by atoms with van der Waals surface area (Å²) in [6.07, 6.45) is 0.934. The molecule has 6 heteroatoms. The number of hydrogen-bond acceptors (Lipinski definition) is 5. The molecule has 6 nitrogen and oxygen atoms in total. The standard InChI is InChI=1S/C24H37NO5/c1-12(2)9-17-21-14(4)15(5)22(29)16-10-13(3)7-6-8-18(26)19(27)11-20(28)24(16,21)23(30)25-17/h10,12,16-19,21-22,26-27,29H,6-9,11H2,1-5H3,(H,25,30)/b13-10-/t16-,17-,18+,19+,21-,22+,24+/m0/s1. The zero-order valence-corrected chi connectivity index (χ0v) is 18.8. The molecular weight excluding hydrogens is 382 g/mol. The maximum atomic E-state index is 13.8. The van der Waals surface area contributed by atoms with Gasteiger partial charge < -0.3 is 20.6 Å². The van der Waals surface area contributed by atoms with Crippen molar-refractivity contribution in [3.05, 3.63) is 22.8 Å². The molecule has 0 bridgehead atoms. The van der Waals surface area contributed by atoms with E-state index in [0.29, 0.717) is 25.2 Å². The highest BCUT2D eigenvalue weighted by Gasteiger charge is 2.66. The van der Waals surface area contributed by atoms with Gasteiger partial charge in [0.05, 0.1) is 18.3 Å². The second-order valence-corrected chi connectivity index (χ2v) is 10.1. The number of aliphatic hydroxyl groups is 3. The first kappa shape index (κ1) is 23.2. The molecule has 2 aliphatic carbocycles. The number of allylic oxidation sites excluding steroid dienone is 1. The summed E-state index contributed by atoms with van der Waals surface area (Å²) in [6.45, 7) is 9.91. The minimum absolute atomic E-state index is 0.202. The summed E-state index contributed by atoms with van der Waals surface area (Å²) < 4.78 is 0. The van der Waals surface area contributed by atoms with Crippen LogP contribution in [-0.4, -0.2) is 51.4 Å². The Hall–Kier alpha value is -1.50. The van der Waals surface area contributed by atoms with Gasteiger partial charge in [0.2, 0.25) is 5.91 Å². The van der Waals surface area contributed by atoms with Gasteiger partial charge in [-0.25, -0.2) is 0 Å². The third-order valence-corrected chi connectivity index (χ3v) is 7.54. The van der Waals surface area contributed by atoms with E-state index in [4.69, 9.17) is 0 Å². The average Bonchev–Trinajstić information content (AvgIpc) is 2.94. The number of nitrogens with one attached hydrogen (secondary N) is 1. The summed E-state index contributed by atoms with van der Waals surface area (Å²) in [5.74, 6) is -1.47. The number of carbonyl (C=O) groups is 2. The van der Waals surface area contributed by atoms with Gasteiger partial charge >= 0.3 is 0 Å². The van der Waals surface area contributed by atoms with Crippen molar-refractivity contribution >= 4 is 11.7 Å². The molecule has 1 aliphatic heterocycles. The van der Waals surface area contributed by atoms with Crippen LogP contribution in [0, 0.1) is 23.2 Å². The summed E-state index contributed by atoms with van der Waals surface area (Å²) in [5.41, 5.74) is 1.22. The SMILES string of the molecule is CC1=C(C)[C@H]2[C@H](CC(C)C)NC(=O)[C@]23C(=O)C[C@@H](O)[C@H](O)CCC/C(C)=C\[C@H]3[C@@H]1O. The molecule has 0 saturated carbocycles. The van der Waals surface area contributed by atoms with Crippen molar-refractivity contribution in [1.29, 1.82) is 0 Å². The summed E-state index contributed by atoms with van der Waals surface area (Å²) in [6, 6.07) is -0.202. The predicted octanol–water partition coefficient (Wildman–Crippen LogP) is 2.27. The van der Waals surface area contributed by atoms with E-state index in [1.165, 1.54) is 0 Å². The van der Waals surface area contributed by atoms with E-state index in [0.717, 1.165) is 23.1 Å². The molecule has 1 saturated heterocycles. The summed E-state index contributed by atoms with van der Waals surface area (Å²) in [5, 5.41) is 35.2. The zero-order chi connectivity index (χ0) is 22.4. The number of hydrogen-bond donors (Lipinski definition) is 4. The lowest BCUT2D eigenvalue weighted by Crippen LogP contribution is -2.56. The fourth-order valence-corrected chi connectivity index (χ4v) is 5.91. The molecule has 1 amide bonds. The summed E-state index contributed by atoms with van der Waals surface area (Å²) >= 11 is 0. The number of carbonyl (C=O) groups excluding carboxylic acids is 2. The Kier molecular flexibility index (Phi) is 6.61. The van der Waals surface area contributed by atoms with E-state index in [2.05, 4.69) is 19.2 Å². The molecule has 0 aromatic heterocycles. The third-order valence-electron chi connectivity index (χ3n) is 7.54. The fourth-order valence-electron chi connectivity index (χ4n) is 5.91. The maximum Gasteiger partial charge on any atom is 0.235 e. The second kappa shape index (κ2) is 8.56. The molecule has 7 atom stereocenters. The number of Topliss-reactive ketones (excluding diaryl/α,β-unsaturated/α-hetero) is 1. The van der Waals surface area contributed by atoms with Crippen molar-refractivity contribution in [2.24, 2.45) is 23.2 Å². The molecule has 1 heterocycles. The van der Waals surface area contributed by atoms with Crippen LogP contribution in [0.15, 0.2) is 22.8 Å². The highest BCUT2D eigenvalue weighted by atomic mass is 16.3. The largest absolute Gasteiger partial charge is 0.390 e. The van der Waals surface area contributed by atoms with Crippen molar-refractivity contribution in [2.45, 2.75) is 91.1 Å². The van der Waals surface area contributed by atoms with Gasteiger partial charge in [0.15, 0.2) is 5.78 Å². The lowest BCUT2D eigenvalue weighted by molar-refractivity contribution is -0.150. The van der Waals surface area contributed by atoms with E-state index >= 15 is 0 Å². The van der Waals surface area contributed by atoms with Gasteiger partial charge in [0.1, 0.15) is 5.41 Å². The maximum absolute atomic E-state index is 13.8. The number of ketones is 1. The fraction of sp³-hybridized carbons (Fsp3) is 0.750. The van der Waals surface area contributed by atoms with Gasteiger partial charge in [0, 0.05) is 24.3 Å². The van der Waals surface area contributed by atoms with Gasteiger partial charge in [-0.3, -0.25) is 9.59 Å².